The average molecular weight is 411 g/mol. The van der Waals surface area contributed by atoms with Gasteiger partial charge in [-0.1, -0.05) is 30.8 Å². The van der Waals surface area contributed by atoms with Crippen molar-refractivity contribution in [2.24, 2.45) is 11.8 Å². The number of carbonyl (C=O) groups excluding carboxylic acids is 1. The third-order valence-electron chi connectivity index (χ3n) is 6.91. The summed E-state index contributed by atoms with van der Waals surface area (Å²) in [6.07, 6.45) is 13.3. The fourth-order valence-electron chi connectivity index (χ4n) is 5.10. The molecule has 0 aromatic carbocycles. The second-order valence-corrected chi connectivity index (χ2v) is 9.26. The molecule has 1 N–H and O–H groups in total. The number of nitrogens with zero attached hydrogens (tertiary/aromatic N) is 3. The maximum absolute atomic E-state index is 12.2. The van der Waals surface area contributed by atoms with E-state index in [1.807, 2.05) is 26.1 Å². The highest BCUT2D eigenvalue weighted by molar-refractivity contribution is 5.75. The molecular formula is C24H34N4O2. The van der Waals surface area contributed by atoms with Crippen LogP contribution in [0.5, 0.6) is 0 Å². The predicted octanol–water partition coefficient (Wildman–Crippen LogP) is 5.11. The number of hydrogen-bond acceptors (Lipinski definition) is 5. The van der Waals surface area contributed by atoms with Crippen LogP contribution in [0.1, 0.15) is 87.3 Å². The van der Waals surface area contributed by atoms with Crippen LogP contribution < -0.4 is 5.32 Å². The van der Waals surface area contributed by atoms with Gasteiger partial charge in [0.1, 0.15) is 5.82 Å². The molecule has 0 spiro atoms. The van der Waals surface area contributed by atoms with Gasteiger partial charge in [0.2, 0.25) is 5.91 Å². The van der Waals surface area contributed by atoms with E-state index in [1.54, 1.807) is 0 Å². The zero-order valence-electron chi connectivity index (χ0n) is 18.3. The van der Waals surface area contributed by atoms with E-state index in [1.165, 1.54) is 25.7 Å². The molecule has 4 rings (SSSR count). The summed E-state index contributed by atoms with van der Waals surface area (Å²) in [6, 6.07) is 1.95. The van der Waals surface area contributed by atoms with E-state index in [0.29, 0.717) is 18.3 Å². The van der Waals surface area contributed by atoms with Crippen molar-refractivity contribution in [2.45, 2.75) is 84.0 Å². The third kappa shape index (κ3) is 5.27. The van der Waals surface area contributed by atoms with Crippen molar-refractivity contribution in [2.75, 3.05) is 6.54 Å². The topological polar surface area (TPSA) is 80.9 Å². The molecule has 0 unspecified atom stereocenters. The summed E-state index contributed by atoms with van der Waals surface area (Å²) in [4.78, 5) is 21.4. The molecule has 2 heterocycles. The van der Waals surface area contributed by atoms with Gasteiger partial charge in [-0.2, -0.15) is 0 Å². The molecule has 2 aromatic heterocycles. The van der Waals surface area contributed by atoms with Crippen molar-refractivity contribution in [3.63, 3.8) is 0 Å². The molecule has 30 heavy (non-hydrogen) atoms. The lowest BCUT2D eigenvalue weighted by atomic mass is 9.79. The van der Waals surface area contributed by atoms with Crippen LogP contribution in [-0.4, -0.2) is 27.6 Å². The Morgan fingerprint density at radius 3 is 2.57 bits per heavy atom. The van der Waals surface area contributed by atoms with Gasteiger partial charge in [-0.15, -0.1) is 0 Å². The first-order valence-electron chi connectivity index (χ1n) is 11.6. The van der Waals surface area contributed by atoms with Gasteiger partial charge in [0, 0.05) is 31.1 Å². The van der Waals surface area contributed by atoms with E-state index >= 15 is 0 Å². The van der Waals surface area contributed by atoms with Crippen molar-refractivity contribution in [1.82, 2.24) is 20.4 Å². The molecule has 0 radical (unpaired) electrons. The lowest BCUT2D eigenvalue weighted by Crippen LogP contribution is -2.31. The summed E-state index contributed by atoms with van der Waals surface area (Å²) in [5, 5.41) is 7.22. The summed E-state index contributed by atoms with van der Waals surface area (Å²) in [7, 11) is 0. The van der Waals surface area contributed by atoms with Gasteiger partial charge in [-0.3, -0.25) is 4.79 Å². The van der Waals surface area contributed by atoms with E-state index in [2.05, 4.69) is 15.5 Å². The molecule has 2 aliphatic rings. The number of aryl methyl sites for hydroxylation is 2. The monoisotopic (exact) mass is 410 g/mol. The number of aromatic nitrogens is 3. The van der Waals surface area contributed by atoms with Gasteiger partial charge in [0.25, 0.3) is 0 Å². The maximum Gasteiger partial charge on any atom is 0.220 e. The normalized spacial score (nSPS) is 22.3. The van der Waals surface area contributed by atoms with Gasteiger partial charge >= 0.3 is 0 Å². The molecule has 2 saturated carbocycles. The zero-order valence-corrected chi connectivity index (χ0v) is 18.3. The SMILES string of the molecule is Cc1cc(-c2cnc(C)nc2C2CCC(CNC(=O)CCC3CCCC3)CC2)on1. The Bertz CT molecular complexity index is 849. The largest absolute Gasteiger partial charge is 0.356 e. The Balaban J connectivity index is 1.28. The zero-order chi connectivity index (χ0) is 20.9. The number of amides is 1. The lowest BCUT2D eigenvalue weighted by molar-refractivity contribution is -0.121. The van der Waals surface area contributed by atoms with Gasteiger partial charge in [-0.25, -0.2) is 9.97 Å². The van der Waals surface area contributed by atoms with E-state index in [0.717, 1.165) is 73.1 Å². The number of rotatable bonds is 7. The summed E-state index contributed by atoms with van der Waals surface area (Å²) >= 11 is 0. The van der Waals surface area contributed by atoms with Crippen LogP contribution in [-0.2, 0) is 4.79 Å². The molecule has 0 aliphatic heterocycles. The quantitative estimate of drug-likeness (QED) is 0.686. The van der Waals surface area contributed by atoms with Crippen LogP contribution in [0.25, 0.3) is 11.3 Å². The highest BCUT2D eigenvalue weighted by Gasteiger charge is 2.27. The molecule has 6 nitrogen and oxygen atoms in total. The summed E-state index contributed by atoms with van der Waals surface area (Å²) < 4.78 is 5.49. The van der Waals surface area contributed by atoms with Crippen LogP contribution in [0.2, 0.25) is 0 Å². The van der Waals surface area contributed by atoms with Crippen molar-refractivity contribution < 1.29 is 9.32 Å². The Kier molecular flexibility index (Phi) is 6.80. The summed E-state index contributed by atoms with van der Waals surface area (Å²) in [5.74, 6) is 3.53. The highest BCUT2D eigenvalue weighted by Crippen LogP contribution is 2.39. The molecule has 0 saturated heterocycles. The van der Waals surface area contributed by atoms with Crippen LogP contribution in [0.15, 0.2) is 16.8 Å². The summed E-state index contributed by atoms with van der Waals surface area (Å²) in [6.45, 7) is 4.67. The second kappa shape index (κ2) is 9.71. The minimum absolute atomic E-state index is 0.235. The smallest absolute Gasteiger partial charge is 0.220 e. The minimum Gasteiger partial charge on any atom is -0.356 e. The Hall–Kier alpha value is -2.24. The lowest BCUT2D eigenvalue weighted by Gasteiger charge is -2.29. The highest BCUT2D eigenvalue weighted by atomic mass is 16.5. The molecule has 6 heteroatoms. The van der Waals surface area contributed by atoms with Crippen LogP contribution in [0.3, 0.4) is 0 Å². The molecule has 1 amide bonds. The Labute approximate surface area is 179 Å². The van der Waals surface area contributed by atoms with E-state index in [9.17, 15) is 4.79 Å². The number of carbonyl (C=O) groups is 1. The first kappa shape index (κ1) is 21.0. The van der Waals surface area contributed by atoms with Crippen molar-refractivity contribution in [1.29, 1.82) is 0 Å². The van der Waals surface area contributed by atoms with Crippen molar-refractivity contribution in [3.05, 3.63) is 29.5 Å². The van der Waals surface area contributed by atoms with Gasteiger partial charge in [-0.05, 0) is 57.8 Å². The van der Waals surface area contributed by atoms with E-state index < -0.39 is 0 Å². The van der Waals surface area contributed by atoms with Gasteiger partial charge in [0.15, 0.2) is 5.76 Å². The first-order chi connectivity index (χ1) is 14.6. The van der Waals surface area contributed by atoms with E-state index in [4.69, 9.17) is 9.51 Å². The molecule has 0 atom stereocenters. The van der Waals surface area contributed by atoms with Crippen molar-refractivity contribution in [3.8, 4) is 11.3 Å². The van der Waals surface area contributed by atoms with Crippen molar-refractivity contribution >= 4 is 5.91 Å². The summed E-state index contributed by atoms with van der Waals surface area (Å²) in [5.41, 5.74) is 2.91. The fourth-order valence-corrected chi connectivity index (χ4v) is 5.10. The predicted molar refractivity (Wildman–Crippen MR) is 116 cm³/mol. The van der Waals surface area contributed by atoms with Gasteiger partial charge < -0.3 is 9.84 Å². The average Bonchev–Trinajstić information content (AvgIpc) is 3.43. The van der Waals surface area contributed by atoms with Crippen LogP contribution in [0.4, 0.5) is 0 Å². The van der Waals surface area contributed by atoms with Gasteiger partial charge in [0.05, 0.1) is 17.0 Å². The number of nitrogens with one attached hydrogen (secondary N) is 1. The second-order valence-electron chi connectivity index (χ2n) is 9.26. The van der Waals surface area contributed by atoms with Crippen LogP contribution >= 0.6 is 0 Å². The molecule has 2 aromatic rings. The Morgan fingerprint density at radius 1 is 1.10 bits per heavy atom. The molecular weight excluding hydrogens is 376 g/mol. The molecule has 0 bridgehead atoms. The standard InChI is InChI=1S/C24H34N4O2/c1-16-13-22(30-28-16)21-15-25-17(2)27-24(21)20-10-7-19(8-11-20)14-26-23(29)12-9-18-5-3-4-6-18/h13,15,18-20H,3-12,14H2,1-2H3,(H,26,29). The molecule has 162 valence electrons. The van der Waals surface area contributed by atoms with E-state index in [-0.39, 0.29) is 5.91 Å². The van der Waals surface area contributed by atoms with Crippen LogP contribution in [0, 0.1) is 25.7 Å². The maximum atomic E-state index is 12.2. The third-order valence-corrected chi connectivity index (χ3v) is 6.91. The minimum atomic E-state index is 0.235. The number of hydrogen-bond donors (Lipinski definition) is 1. The Morgan fingerprint density at radius 2 is 1.87 bits per heavy atom. The molecule has 2 aliphatic carbocycles. The first-order valence-corrected chi connectivity index (χ1v) is 11.6. The fraction of sp³-hybridized carbons (Fsp3) is 0.667. The molecule has 2 fully saturated rings.